The lowest BCUT2D eigenvalue weighted by Crippen LogP contribution is -2.27. The first kappa shape index (κ1) is 15.0. The van der Waals surface area contributed by atoms with Gasteiger partial charge in [-0.1, -0.05) is 5.16 Å². The average Bonchev–Trinajstić information content (AvgIpc) is 3.16. The third-order valence-electron chi connectivity index (χ3n) is 3.71. The minimum Gasteiger partial charge on any atom is -0.354 e. The van der Waals surface area contributed by atoms with Gasteiger partial charge in [-0.15, -0.1) is 0 Å². The fourth-order valence-electron chi connectivity index (χ4n) is 2.21. The van der Waals surface area contributed by atoms with Crippen LogP contribution >= 0.6 is 0 Å². The molecule has 1 amide bonds. The van der Waals surface area contributed by atoms with E-state index >= 15 is 0 Å². The van der Waals surface area contributed by atoms with E-state index in [1.807, 2.05) is 30.8 Å². The molecule has 7 nitrogen and oxygen atoms in total. The van der Waals surface area contributed by atoms with E-state index in [1.165, 1.54) is 0 Å². The first-order valence-corrected chi connectivity index (χ1v) is 7.23. The molecule has 0 aliphatic heterocycles. The van der Waals surface area contributed by atoms with Gasteiger partial charge in [0.25, 0.3) is 5.91 Å². The van der Waals surface area contributed by atoms with Crippen LogP contribution in [0.3, 0.4) is 0 Å². The minimum atomic E-state index is -0.389. The lowest BCUT2D eigenvalue weighted by atomic mass is 10.2. The van der Waals surface area contributed by atoms with Crippen molar-refractivity contribution in [2.24, 2.45) is 7.05 Å². The number of rotatable bonds is 4. The maximum Gasteiger partial charge on any atom is 0.253 e. The summed E-state index contributed by atoms with van der Waals surface area (Å²) in [5.41, 5.74) is 2.29. The van der Waals surface area contributed by atoms with Crippen molar-refractivity contribution >= 4 is 5.91 Å². The van der Waals surface area contributed by atoms with Gasteiger partial charge in [0, 0.05) is 36.9 Å². The Morgan fingerprint density at radius 2 is 2.22 bits per heavy atom. The normalized spacial score (nSPS) is 12.1. The van der Waals surface area contributed by atoms with Crippen molar-refractivity contribution in [3.63, 3.8) is 0 Å². The molecule has 0 saturated carbocycles. The second kappa shape index (κ2) is 6.04. The summed E-state index contributed by atoms with van der Waals surface area (Å²) in [6, 6.07) is 5.04. The van der Waals surface area contributed by atoms with Gasteiger partial charge in [0.2, 0.25) is 11.7 Å². The summed E-state index contributed by atoms with van der Waals surface area (Å²) in [5.74, 6) is 0.632. The van der Waals surface area contributed by atoms with Gasteiger partial charge in [-0.05, 0) is 32.0 Å². The molecule has 3 aromatic heterocycles. The number of hydrogen-bond donors (Lipinski definition) is 1. The molecule has 0 aromatic carbocycles. The molecule has 0 aliphatic rings. The Hall–Kier alpha value is -2.96. The Kier molecular flexibility index (Phi) is 3.92. The summed E-state index contributed by atoms with van der Waals surface area (Å²) < 4.78 is 7.14. The maximum atomic E-state index is 12.3. The fraction of sp³-hybridized carbons (Fsp3) is 0.250. The van der Waals surface area contributed by atoms with Gasteiger partial charge in [-0.3, -0.25) is 9.78 Å². The van der Waals surface area contributed by atoms with Crippen LogP contribution in [-0.2, 0) is 7.05 Å². The van der Waals surface area contributed by atoms with Crippen molar-refractivity contribution < 1.29 is 9.32 Å². The molecule has 3 aromatic rings. The number of carbonyl (C=O) groups excluding carboxylic acids is 1. The van der Waals surface area contributed by atoms with Crippen LogP contribution in [0.4, 0.5) is 0 Å². The van der Waals surface area contributed by atoms with E-state index in [1.54, 1.807) is 31.5 Å². The third-order valence-corrected chi connectivity index (χ3v) is 3.71. The van der Waals surface area contributed by atoms with Crippen LogP contribution in [0.15, 0.2) is 41.3 Å². The van der Waals surface area contributed by atoms with Gasteiger partial charge >= 0.3 is 0 Å². The Morgan fingerprint density at radius 1 is 1.39 bits per heavy atom. The molecule has 1 N–H and O–H groups in total. The van der Waals surface area contributed by atoms with Crippen molar-refractivity contribution in [1.82, 2.24) is 25.0 Å². The fourth-order valence-corrected chi connectivity index (χ4v) is 2.21. The van der Waals surface area contributed by atoms with Crippen LogP contribution in [0.5, 0.6) is 0 Å². The zero-order chi connectivity index (χ0) is 16.4. The number of nitrogens with one attached hydrogen (secondary N) is 1. The molecule has 3 heterocycles. The van der Waals surface area contributed by atoms with Crippen LogP contribution in [0.25, 0.3) is 11.4 Å². The predicted molar refractivity (Wildman–Crippen MR) is 83.6 cm³/mol. The summed E-state index contributed by atoms with van der Waals surface area (Å²) >= 11 is 0. The molecular formula is C16H17N5O2. The second-order valence-corrected chi connectivity index (χ2v) is 5.32. The van der Waals surface area contributed by atoms with Crippen LogP contribution in [0, 0.1) is 6.92 Å². The third kappa shape index (κ3) is 2.98. The SMILES string of the molecule is Cc1c(C(=O)N[C@@H](C)c2nc(-c3cccnc3)no2)ccn1C. The maximum absolute atomic E-state index is 12.3. The number of aromatic nitrogens is 4. The lowest BCUT2D eigenvalue weighted by molar-refractivity contribution is 0.0932. The number of nitrogens with zero attached hydrogens (tertiary/aromatic N) is 4. The number of hydrogen-bond acceptors (Lipinski definition) is 5. The van der Waals surface area contributed by atoms with Crippen LogP contribution in [0.1, 0.15) is 34.9 Å². The van der Waals surface area contributed by atoms with Crippen molar-refractivity contribution in [2.45, 2.75) is 19.9 Å². The van der Waals surface area contributed by atoms with Gasteiger partial charge < -0.3 is 14.4 Å². The Bertz CT molecular complexity index is 822. The first-order valence-electron chi connectivity index (χ1n) is 7.23. The molecule has 0 aliphatic carbocycles. The average molecular weight is 311 g/mol. The molecule has 0 spiro atoms. The molecule has 23 heavy (non-hydrogen) atoms. The van der Waals surface area contributed by atoms with E-state index in [2.05, 4.69) is 20.4 Å². The summed E-state index contributed by atoms with van der Waals surface area (Å²) in [5, 5.41) is 6.79. The molecule has 0 unspecified atom stereocenters. The van der Waals surface area contributed by atoms with E-state index < -0.39 is 0 Å². The van der Waals surface area contributed by atoms with Gasteiger partial charge in [0.15, 0.2) is 0 Å². The molecule has 0 fully saturated rings. The minimum absolute atomic E-state index is 0.170. The first-order chi connectivity index (χ1) is 11.1. The van der Waals surface area contributed by atoms with E-state index in [0.717, 1.165) is 11.3 Å². The molecule has 7 heteroatoms. The molecule has 0 radical (unpaired) electrons. The molecule has 3 rings (SSSR count). The number of amides is 1. The van der Waals surface area contributed by atoms with Gasteiger partial charge in [-0.25, -0.2) is 0 Å². The molecule has 0 saturated heterocycles. The molecule has 118 valence electrons. The topological polar surface area (TPSA) is 85.8 Å². The predicted octanol–water partition coefficient (Wildman–Crippen LogP) is 2.27. The van der Waals surface area contributed by atoms with Gasteiger partial charge in [0.05, 0.1) is 5.56 Å². The highest BCUT2D eigenvalue weighted by atomic mass is 16.5. The molecular weight excluding hydrogens is 294 g/mol. The zero-order valence-corrected chi connectivity index (χ0v) is 13.1. The Labute approximate surface area is 133 Å². The van der Waals surface area contributed by atoms with Crippen molar-refractivity contribution in [3.8, 4) is 11.4 Å². The highest BCUT2D eigenvalue weighted by Gasteiger charge is 2.19. The Balaban J connectivity index is 1.74. The van der Waals surface area contributed by atoms with Crippen molar-refractivity contribution in [2.75, 3.05) is 0 Å². The second-order valence-electron chi connectivity index (χ2n) is 5.32. The van der Waals surface area contributed by atoms with E-state index in [4.69, 9.17) is 4.52 Å². The van der Waals surface area contributed by atoms with Crippen molar-refractivity contribution in [3.05, 3.63) is 53.9 Å². The largest absolute Gasteiger partial charge is 0.354 e. The quantitative estimate of drug-likeness (QED) is 0.799. The van der Waals surface area contributed by atoms with E-state index in [0.29, 0.717) is 17.3 Å². The summed E-state index contributed by atoms with van der Waals surface area (Å²) in [7, 11) is 1.90. The number of aryl methyl sites for hydroxylation is 1. The summed E-state index contributed by atoms with van der Waals surface area (Å²) in [6.07, 6.45) is 5.18. The number of carbonyl (C=O) groups is 1. The monoisotopic (exact) mass is 311 g/mol. The molecule has 0 bridgehead atoms. The highest BCUT2D eigenvalue weighted by molar-refractivity contribution is 5.95. The van der Waals surface area contributed by atoms with Gasteiger partial charge in [-0.2, -0.15) is 4.98 Å². The summed E-state index contributed by atoms with van der Waals surface area (Å²) in [4.78, 5) is 20.7. The molecule has 1 atom stereocenters. The van der Waals surface area contributed by atoms with Crippen LogP contribution in [0.2, 0.25) is 0 Å². The lowest BCUT2D eigenvalue weighted by Gasteiger charge is -2.09. The van der Waals surface area contributed by atoms with Gasteiger partial charge in [0.1, 0.15) is 6.04 Å². The number of pyridine rings is 1. The van der Waals surface area contributed by atoms with Crippen LogP contribution in [-0.4, -0.2) is 25.6 Å². The van der Waals surface area contributed by atoms with Crippen molar-refractivity contribution in [1.29, 1.82) is 0 Å². The summed E-state index contributed by atoms with van der Waals surface area (Å²) in [6.45, 7) is 3.70. The highest BCUT2D eigenvalue weighted by Crippen LogP contribution is 2.18. The standard InChI is InChI=1S/C16H17N5O2/c1-10(18-15(22)13-6-8-21(3)11(13)2)16-19-14(20-23-16)12-5-4-7-17-9-12/h4-10H,1-3H3,(H,18,22)/t10-/m0/s1. The smallest absolute Gasteiger partial charge is 0.253 e. The van der Waals surface area contributed by atoms with E-state index in [9.17, 15) is 4.79 Å². The zero-order valence-electron chi connectivity index (χ0n) is 13.1. The van der Waals surface area contributed by atoms with Crippen LogP contribution < -0.4 is 5.32 Å². The Morgan fingerprint density at radius 3 is 2.87 bits per heavy atom. The van der Waals surface area contributed by atoms with E-state index in [-0.39, 0.29) is 11.9 Å².